The van der Waals surface area contributed by atoms with Crippen molar-refractivity contribution >= 4 is 5.91 Å². The third kappa shape index (κ3) is 4.35. The maximum absolute atomic E-state index is 12.5. The van der Waals surface area contributed by atoms with Gasteiger partial charge in [0.1, 0.15) is 5.75 Å². The number of ether oxygens (including phenoxy) is 1. The molecule has 2 aromatic rings. The van der Waals surface area contributed by atoms with Crippen LogP contribution in [0.5, 0.6) is 5.75 Å². The van der Waals surface area contributed by atoms with Crippen molar-refractivity contribution in [3.63, 3.8) is 0 Å². The summed E-state index contributed by atoms with van der Waals surface area (Å²) in [4.78, 5) is 14.2. The van der Waals surface area contributed by atoms with Crippen LogP contribution in [0.4, 0.5) is 0 Å². The molecule has 1 atom stereocenters. The summed E-state index contributed by atoms with van der Waals surface area (Å²) in [5.74, 6) is 0.732. The number of para-hydroxylation sites is 1. The van der Waals surface area contributed by atoms with Crippen LogP contribution in [-0.4, -0.2) is 24.0 Å². The standard InChI is InChI=1S/C18H21NO2/c1-3-17(21-16-12-8-5-9-13-16)18(20)19(2)14-15-10-6-4-7-11-15/h4-13,17H,3,14H2,1-2H3. The van der Waals surface area contributed by atoms with E-state index in [-0.39, 0.29) is 5.91 Å². The third-order valence-corrected chi connectivity index (χ3v) is 3.31. The van der Waals surface area contributed by atoms with Crippen LogP contribution >= 0.6 is 0 Å². The Balaban J connectivity index is 1.99. The molecule has 0 saturated carbocycles. The Morgan fingerprint density at radius 3 is 2.19 bits per heavy atom. The second-order valence-corrected chi connectivity index (χ2v) is 5.01. The first kappa shape index (κ1) is 15.1. The van der Waals surface area contributed by atoms with Gasteiger partial charge in [0.2, 0.25) is 0 Å². The van der Waals surface area contributed by atoms with Crippen LogP contribution in [0.2, 0.25) is 0 Å². The first-order chi connectivity index (χ1) is 10.2. The Hall–Kier alpha value is -2.29. The predicted octanol–water partition coefficient (Wildman–Crippen LogP) is 3.50. The fourth-order valence-electron chi connectivity index (χ4n) is 2.15. The SMILES string of the molecule is CCC(Oc1ccccc1)C(=O)N(C)Cc1ccccc1. The van der Waals surface area contributed by atoms with Crippen LogP contribution < -0.4 is 4.74 Å². The second-order valence-electron chi connectivity index (χ2n) is 5.01. The second kappa shape index (κ2) is 7.48. The summed E-state index contributed by atoms with van der Waals surface area (Å²) in [6, 6.07) is 19.4. The van der Waals surface area contributed by atoms with E-state index >= 15 is 0 Å². The molecule has 0 spiro atoms. The van der Waals surface area contributed by atoms with E-state index in [2.05, 4.69) is 0 Å². The van der Waals surface area contributed by atoms with Gasteiger partial charge in [-0.2, -0.15) is 0 Å². The number of nitrogens with zero attached hydrogens (tertiary/aromatic N) is 1. The summed E-state index contributed by atoms with van der Waals surface area (Å²) in [6.07, 6.45) is 0.202. The number of carbonyl (C=O) groups excluding carboxylic acids is 1. The Bertz CT molecular complexity index is 554. The maximum atomic E-state index is 12.5. The van der Waals surface area contributed by atoms with Crippen molar-refractivity contribution < 1.29 is 9.53 Å². The number of amides is 1. The van der Waals surface area contributed by atoms with Crippen LogP contribution in [0.1, 0.15) is 18.9 Å². The van der Waals surface area contributed by atoms with Gasteiger partial charge in [-0.1, -0.05) is 55.5 Å². The highest BCUT2D eigenvalue weighted by Gasteiger charge is 2.22. The van der Waals surface area contributed by atoms with Crippen molar-refractivity contribution in [1.29, 1.82) is 0 Å². The van der Waals surface area contributed by atoms with Crippen molar-refractivity contribution in [2.75, 3.05) is 7.05 Å². The van der Waals surface area contributed by atoms with E-state index in [1.165, 1.54) is 0 Å². The lowest BCUT2D eigenvalue weighted by atomic mass is 10.2. The summed E-state index contributed by atoms with van der Waals surface area (Å²) in [7, 11) is 1.81. The molecule has 0 fully saturated rings. The quantitative estimate of drug-likeness (QED) is 0.812. The highest BCUT2D eigenvalue weighted by atomic mass is 16.5. The predicted molar refractivity (Wildman–Crippen MR) is 84.1 cm³/mol. The van der Waals surface area contributed by atoms with Gasteiger partial charge in [0.15, 0.2) is 6.10 Å². The van der Waals surface area contributed by atoms with Crippen molar-refractivity contribution in [1.82, 2.24) is 4.90 Å². The zero-order valence-electron chi connectivity index (χ0n) is 12.5. The molecule has 1 amide bonds. The van der Waals surface area contributed by atoms with Crippen LogP contribution in [0.3, 0.4) is 0 Å². The molecule has 2 aromatic carbocycles. The molecule has 110 valence electrons. The lowest BCUT2D eigenvalue weighted by Gasteiger charge is -2.24. The zero-order chi connectivity index (χ0) is 15.1. The minimum Gasteiger partial charge on any atom is -0.481 e. The van der Waals surface area contributed by atoms with Gasteiger partial charge in [-0.3, -0.25) is 4.79 Å². The molecule has 0 aliphatic carbocycles. The molecule has 0 radical (unpaired) electrons. The molecule has 0 aliphatic heterocycles. The summed E-state index contributed by atoms with van der Waals surface area (Å²) in [5.41, 5.74) is 1.11. The zero-order valence-corrected chi connectivity index (χ0v) is 12.5. The highest BCUT2D eigenvalue weighted by Crippen LogP contribution is 2.14. The Morgan fingerprint density at radius 1 is 1.05 bits per heavy atom. The summed E-state index contributed by atoms with van der Waals surface area (Å²) in [6.45, 7) is 2.55. The van der Waals surface area contributed by atoms with E-state index in [1.54, 1.807) is 4.90 Å². The van der Waals surface area contributed by atoms with Crippen molar-refractivity contribution in [2.24, 2.45) is 0 Å². The van der Waals surface area contributed by atoms with E-state index in [0.29, 0.717) is 13.0 Å². The fraction of sp³-hybridized carbons (Fsp3) is 0.278. The molecule has 0 aromatic heterocycles. The lowest BCUT2D eigenvalue weighted by molar-refractivity contribution is -0.138. The van der Waals surface area contributed by atoms with E-state index in [4.69, 9.17) is 4.74 Å². The van der Waals surface area contributed by atoms with Crippen LogP contribution in [0.25, 0.3) is 0 Å². The number of likely N-dealkylation sites (N-methyl/N-ethyl adjacent to an activating group) is 1. The Kier molecular flexibility index (Phi) is 5.38. The number of carbonyl (C=O) groups is 1. The summed E-state index contributed by atoms with van der Waals surface area (Å²) in [5, 5.41) is 0. The highest BCUT2D eigenvalue weighted by molar-refractivity contribution is 5.81. The molecule has 0 heterocycles. The monoisotopic (exact) mass is 283 g/mol. The molecular weight excluding hydrogens is 262 g/mol. The Labute approximate surface area is 126 Å². The van der Waals surface area contributed by atoms with Crippen molar-refractivity contribution in [2.45, 2.75) is 26.0 Å². The van der Waals surface area contributed by atoms with Crippen LogP contribution in [-0.2, 0) is 11.3 Å². The minimum atomic E-state index is -0.443. The van der Waals surface area contributed by atoms with E-state index in [1.807, 2.05) is 74.6 Å². The molecule has 0 bridgehead atoms. The number of hydrogen-bond acceptors (Lipinski definition) is 2. The number of benzene rings is 2. The van der Waals surface area contributed by atoms with Gasteiger partial charge in [-0.25, -0.2) is 0 Å². The van der Waals surface area contributed by atoms with Gasteiger partial charge in [0.05, 0.1) is 0 Å². The van der Waals surface area contributed by atoms with Gasteiger partial charge >= 0.3 is 0 Å². The molecule has 21 heavy (non-hydrogen) atoms. The van der Waals surface area contributed by atoms with Crippen molar-refractivity contribution in [3.05, 3.63) is 66.2 Å². The normalized spacial score (nSPS) is 11.7. The van der Waals surface area contributed by atoms with E-state index in [0.717, 1.165) is 11.3 Å². The number of rotatable bonds is 6. The largest absolute Gasteiger partial charge is 0.481 e. The van der Waals surface area contributed by atoms with Gasteiger partial charge in [-0.15, -0.1) is 0 Å². The van der Waals surface area contributed by atoms with Gasteiger partial charge in [0, 0.05) is 13.6 Å². The minimum absolute atomic E-state index is 0.00482. The molecule has 2 rings (SSSR count). The van der Waals surface area contributed by atoms with Gasteiger partial charge in [0.25, 0.3) is 5.91 Å². The molecule has 0 aliphatic rings. The topological polar surface area (TPSA) is 29.5 Å². The van der Waals surface area contributed by atoms with E-state index < -0.39 is 6.10 Å². The first-order valence-electron chi connectivity index (χ1n) is 7.21. The average Bonchev–Trinajstić information content (AvgIpc) is 2.54. The lowest BCUT2D eigenvalue weighted by Crippen LogP contribution is -2.39. The Morgan fingerprint density at radius 2 is 1.62 bits per heavy atom. The molecule has 1 unspecified atom stereocenters. The van der Waals surface area contributed by atoms with Crippen LogP contribution in [0.15, 0.2) is 60.7 Å². The summed E-state index contributed by atoms with van der Waals surface area (Å²) >= 11 is 0. The maximum Gasteiger partial charge on any atom is 0.263 e. The molecular formula is C18H21NO2. The number of hydrogen-bond donors (Lipinski definition) is 0. The fourth-order valence-corrected chi connectivity index (χ4v) is 2.15. The molecule has 3 heteroatoms. The molecule has 0 N–H and O–H groups in total. The first-order valence-corrected chi connectivity index (χ1v) is 7.21. The summed E-state index contributed by atoms with van der Waals surface area (Å²) < 4.78 is 5.79. The van der Waals surface area contributed by atoms with Crippen LogP contribution in [0, 0.1) is 0 Å². The smallest absolute Gasteiger partial charge is 0.263 e. The van der Waals surface area contributed by atoms with E-state index in [9.17, 15) is 4.79 Å². The molecule has 3 nitrogen and oxygen atoms in total. The average molecular weight is 283 g/mol. The third-order valence-electron chi connectivity index (χ3n) is 3.31. The van der Waals surface area contributed by atoms with Gasteiger partial charge < -0.3 is 9.64 Å². The van der Waals surface area contributed by atoms with Gasteiger partial charge in [-0.05, 0) is 24.1 Å². The molecule has 0 saturated heterocycles. The van der Waals surface area contributed by atoms with Crippen molar-refractivity contribution in [3.8, 4) is 5.75 Å².